The Hall–Kier alpha value is -4.40. The van der Waals surface area contributed by atoms with E-state index in [9.17, 15) is 10.1 Å². The van der Waals surface area contributed by atoms with E-state index in [0.29, 0.717) is 45.7 Å². The number of rotatable bonds is 7. The van der Waals surface area contributed by atoms with Crippen LogP contribution in [-0.4, -0.2) is 36.2 Å². The van der Waals surface area contributed by atoms with Crippen molar-refractivity contribution in [2.75, 3.05) is 26.6 Å². The molecule has 0 aliphatic rings. The summed E-state index contributed by atoms with van der Waals surface area (Å²) < 4.78 is 16.3. The fraction of sp³-hybridized carbons (Fsp3) is 0.130. The van der Waals surface area contributed by atoms with Crippen molar-refractivity contribution in [1.82, 2.24) is 9.97 Å². The minimum Gasteiger partial charge on any atom is -0.493 e. The van der Waals surface area contributed by atoms with E-state index in [0.717, 1.165) is 5.39 Å². The highest BCUT2D eigenvalue weighted by molar-refractivity contribution is 5.92. The molecule has 4 rings (SSSR count). The molecule has 9 heteroatoms. The molecule has 0 aliphatic heterocycles. The number of aromatic nitrogens is 2. The number of anilines is 2. The largest absolute Gasteiger partial charge is 0.493 e. The van der Waals surface area contributed by atoms with Gasteiger partial charge in [0.25, 0.3) is 5.69 Å². The molecule has 0 fully saturated rings. The number of ether oxygens (including phenoxy) is 3. The monoisotopic (exact) mass is 432 g/mol. The number of nitrogens with zero attached hydrogens (tertiary/aromatic N) is 3. The van der Waals surface area contributed by atoms with Crippen LogP contribution >= 0.6 is 0 Å². The molecule has 0 aliphatic carbocycles. The van der Waals surface area contributed by atoms with E-state index in [2.05, 4.69) is 10.3 Å². The van der Waals surface area contributed by atoms with Gasteiger partial charge in [0, 0.05) is 28.8 Å². The number of nitro groups is 1. The van der Waals surface area contributed by atoms with E-state index in [4.69, 9.17) is 19.2 Å². The molecule has 1 N–H and O–H groups in total. The second-order valence-corrected chi connectivity index (χ2v) is 6.76. The minimum absolute atomic E-state index is 0.0155. The summed E-state index contributed by atoms with van der Waals surface area (Å²) in [5, 5.41) is 15.1. The zero-order valence-corrected chi connectivity index (χ0v) is 17.7. The van der Waals surface area contributed by atoms with E-state index in [1.54, 1.807) is 24.3 Å². The van der Waals surface area contributed by atoms with Gasteiger partial charge in [0.2, 0.25) is 5.75 Å². The van der Waals surface area contributed by atoms with Gasteiger partial charge >= 0.3 is 0 Å². The van der Waals surface area contributed by atoms with Crippen LogP contribution in [0.3, 0.4) is 0 Å². The van der Waals surface area contributed by atoms with Gasteiger partial charge in [-0.15, -0.1) is 0 Å². The number of non-ortho nitro benzene ring substituents is 1. The summed E-state index contributed by atoms with van der Waals surface area (Å²) in [5.41, 5.74) is 1.89. The lowest BCUT2D eigenvalue weighted by atomic mass is 10.1. The van der Waals surface area contributed by atoms with E-state index >= 15 is 0 Å². The molecule has 3 aromatic carbocycles. The molecule has 0 radical (unpaired) electrons. The number of benzene rings is 3. The second kappa shape index (κ2) is 8.76. The Morgan fingerprint density at radius 2 is 1.59 bits per heavy atom. The van der Waals surface area contributed by atoms with Crippen molar-refractivity contribution < 1.29 is 19.1 Å². The van der Waals surface area contributed by atoms with Gasteiger partial charge < -0.3 is 19.5 Å². The van der Waals surface area contributed by atoms with E-state index in [1.165, 1.54) is 33.5 Å². The Balaban J connectivity index is 1.86. The zero-order chi connectivity index (χ0) is 22.7. The zero-order valence-electron chi connectivity index (χ0n) is 17.7. The number of hydrogen-bond donors (Lipinski definition) is 1. The summed E-state index contributed by atoms with van der Waals surface area (Å²) in [6, 6.07) is 17.3. The lowest BCUT2D eigenvalue weighted by Crippen LogP contribution is -2.01. The average molecular weight is 432 g/mol. The number of hydrogen-bond acceptors (Lipinski definition) is 8. The minimum atomic E-state index is -0.440. The summed E-state index contributed by atoms with van der Waals surface area (Å²) in [7, 11) is 4.61. The SMILES string of the molecule is COc1cc(-c2nc(Nc3cccc([N+](=O)[O-])c3)c3ccccc3n2)cc(OC)c1OC. The van der Waals surface area contributed by atoms with Crippen LogP contribution in [0.2, 0.25) is 0 Å². The molecule has 0 unspecified atom stereocenters. The maximum absolute atomic E-state index is 11.1. The number of methoxy groups -OCH3 is 3. The van der Waals surface area contributed by atoms with Gasteiger partial charge in [-0.1, -0.05) is 18.2 Å². The maximum Gasteiger partial charge on any atom is 0.271 e. The molecular weight excluding hydrogens is 412 g/mol. The highest BCUT2D eigenvalue weighted by Crippen LogP contribution is 2.41. The van der Waals surface area contributed by atoms with Crippen molar-refractivity contribution in [1.29, 1.82) is 0 Å². The number of para-hydroxylation sites is 1. The first-order chi connectivity index (χ1) is 15.5. The third-order valence-electron chi connectivity index (χ3n) is 4.85. The first-order valence-corrected chi connectivity index (χ1v) is 9.62. The van der Waals surface area contributed by atoms with Crippen molar-refractivity contribution in [3.63, 3.8) is 0 Å². The Morgan fingerprint density at radius 1 is 0.875 bits per heavy atom. The molecule has 4 aromatic rings. The quantitative estimate of drug-likeness (QED) is 0.322. The lowest BCUT2D eigenvalue weighted by molar-refractivity contribution is -0.384. The molecule has 0 atom stereocenters. The fourth-order valence-electron chi connectivity index (χ4n) is 3.35. The maximum atomic E-state index is 11.1. The predicted molar refractivity (Wildman–Crippen MR) is 121 cm³/mol. The summed E-state index contributed by atoms with van der Waals surface area (Å²) >= 11 is 0. The van der Waals surface area contributed by atoms with Gasteiger partial charge in [0.05, 0.1) is 31.8 Å². The summed E-state index contributed by atoms with van der Waals surface area (Å²) in [4.78, 5) is 20.1. The van der Waals surface area contributed by atoms with Crippen molar-refractivity contribution in [3.05, 3.63) is 70.8 Å². The second-order valence-electron chi connectivity index (χ2n) is 6.76. The van der Waals surface area contributed by atoms with Gasteiger partial charge in [-0.3, -0.25) is 10.1 Å². The summed E-state index contributed by atoms with van der Waals surface area (Å²) in [6.07, 6.45) is 0. The predicted octanol–water partition coefficient (Wildman–Crippen LogP) is 4.97. The number of nitro benzene ring substituents is 1. The Kier molecular flexibility index (Phi) is 5.71. The fourth-order valence-corrected chi connectivity index (χ4v) is 3.35. The Labute approximate surface area is 183 Å². The summed E-state index contributed by atoms with van der Waals surface area (Å²) in [6.45, 7) is 0. The van der Waals surface area contributed by atoms with E-state index in [-0.39, 0.29) is 5.69 Å². The van der Waals surface area contributed by atoms with Crippen LogP contribution in [0.4, 0.5) is 17.2 Å². The Bertz CT molecular complexity index is 1280. The van der Waals surface area contributed by atoms with Crippen LogP contribution in [0.15, 0.2) is 60.7 Å². The van der Waals surface area contributed by atoms with Gasteiger partial charge in [-0.05, 0) is 30.3 Å². The topological polar surface area (TPSA) is 109 Å². The van der Waals surface area contributed by atoms with Gasteiger partial charge in [0.15, 0.2) is 17.3 Å². The highest BCUT2D eigenvalue weighted by Gasteiger charge is 2.17. The number of fused-ring (bicyclic) bond motifs is 1. The van der Waals surface area contributed by atoms with Crippen LogP contribution in [0, 0.1) is 10.1 Å². The van der Waals surface area contributed by atoms with Crippen LogP contribution < -0.4 is 19.5 Å². The standard InChI is InChI=1S/C23H20N4O5/c1-30-19-11-14(12-20(31-2)21(19)32-3)22-25-18-10-5-4-9-17(18)23(26-22)24-15-7-6-8-16(13-15)27(28)29/h4-13H,1-3H3,(H,24,25,26). The third-order valence-corrected chi connectivity index (χ3v) is 4.85. The molecule has 162 valence electrons. The van der Waals surface area contributed by atoms with Gasteiger partial charge in [0.1, 0.15) is 5.82 Å². The molecule has 9 nitrogen and oxygen atoms in total. The molecule has 0 amide bonds. The van der Waals surface area contributed by atoms with E-state index in [1.807, 2.05) is 24.3 Å². The first kappa shape index (κ1) is 20.9. The average Bonchev–Trinajstić information content (AvgIpc) is 2.83. The smallest absolute Gasteiger partial charge is 0.271 e. The number of nitrogens with one attached hydrogen (secondary N) is 1. The van der Waals surface area contributed by atoms with Gasteiger partial charge in [-0.25, -0.2) is 9.97 Å². The molecule has 32 heavy (non-hydrogen) atoms. The molecule has 1 aromatic heterocycles. The highest BCUT2D eigenvalue weighted by atomic mass is 16.6. The molecular formula is C23H20N4O5. The van der Waals surface area contributed by atoms with Crippen molar-refractivity contribution in [3.8, 4) is 28.6 Å². The molecule has 1 heterocycles. The van der Waals surface area contributed by atoms with Crippen LogP contribution in [0.1, 0.15) is 0 Å². The van der Waals surface area contributed by atoms with Crippen molar-refractivity contribution >= 4 is 28.1 Å². The third kappa shape index (κ3) is 3.95. The first-order valence-electron chi connectivity index (χ1n) is 9.62. The molecule has 0 saturated carbocycles. The summed E-state index contributed by atoms with van der Waals surface area (Å²) in [5.74, 6) is 2.36. The van der Waals surface area contributed by atoms with Crippen LogP contribution in [-0.2, 0) is 0 Å². The molecule has 0 spiro atoms. The lowest BCUT2D eigenvalue weighted by Gasteiger charge is -2.15. The van der Waals surface area contributed by atoms with Gasteiger partial charge in [-0.2, -0.15) is 0 Å². The van der Waals surface area contributed by atoms with Crippen molar-refractivity contribution in [2.24, 2.45) is 0 Å². The van der Waals surface area contributed by atoms with Crippen LogP contribution in [0.25, 0.3) is 22.3 Å². The van der Waals surface area contributed by atoms with E-state index < -0.39 is 4.92 Å². The normalized spacial score (nSPS) is 10.6. The molecule has 0 saturated heterocycles. The van der Waals surface area contributed by atoms with Crippen LogP contribution in [0.5, 0.6) is 17.2 Å². The molecule has 0 bridgehead atoms. The van der Waals surface area contributed by atoms with Crippen molar-refractivity contribution in [2.45, 2.75) is 0 Å². The Morgan fingerprint density at radius 3 is 2.25 bits per heavy atom.